The molecule has 0 spiro atoms. The van der Waals surface area contributed by atoms with Crippen molar-refractivity contribution >= 4 is 15.7 Å². The third kappa shape index (κ3) is 3.70. The maximum atomic E-state index is 11.8. The first-order valence-corrected chi connectivity index (χ1v) is 9.38. The van der Waals surface area contributed by atoms with Gasteiger partial charge in [-0.2, -0.15) is 0 Å². The second-order valence-corrected chi connectivity index (χ2v) is 8.02. The summed E-state index contributed by atoms with van der Waals surface area (Å²) >= 11 is 0. The Hall–Kier alpha value is -1.93. The van der Waals surface area contributed by atoms with Crippen LogP contribution in [0.15, 0.2) is 41.9 Å². The lowest BCUT2D eigenvalue weighted by Gasteiger charge is -2.18. The number of hydrogen-bond donors (Lipinski definition) is 2. The molecule has 124 valence electrons. The van der Waals surface area contributed by atoms with Crippen molar-refractivity contribution < 1.29 is 13.5 Å². The molecule has 8 heteroatoms. The summed E-state index contributed by atoms with van der Waals surface area (Å²) in [4.78, 5) is 8.30. The van der Waals surface area contributed by atoms with E-state index in [1.54, 1.807) is 24.8 Å². The second kappa shape index (κ2) is 6.29. The molecule has 0 aromatic carbocycles. The predicted molar refractivity (Wildman–Crippen MR) is 85.7 cm³/mol. The molecule has 1 fully saturated rings. The molecule has 2 aromatic rings. The van der Waals surface area contributed by atoms with Gasteiger partial charge in [0, 0.05) is 31.4 Å². The number of sulfone groups is 1. The monoisotopic (exact) mass is 336 g/mol. The summed E-state index contributed by atoms with van der Waals surface area (Å²) in [5, 5.41) is 13.4. The highest BCUT2D eigenvalue weighted by Crippen LogP contribution is 2.31. The first kappa shape index (κ1) is 15.9. The molecule has 2 heterocycles. The molecule has 0 saturated heterocycles. The molecule has 23 heavy (non-hydrogen) atoms. The van der Waals surface area contributed by atoms with Crippen LogP contribution >= 0.6 is 0 Å². The maximum Gasteiger partial charge on any atom is 0.179 e. The summed E-state index contributed by atoms with van der Waals surface area (Å²) in [5.74, 6) is 0.615. The minimum atomic E-state index is -3.37. The predicted octanol–water partition coefficient (Wildman–Crippen LogP) is 0.933. The Balaban J connectivity index is 1.71. The highest BCUT2D eigenvalue weighted by molar-refractivity contribution is 7.90. The van der Waals surface area contributed by atoms with Crippen molar-refractivity contribution in [2.45, 2.75) is 36.4 Å². The second-order valence-electron chi connectivity index (χ2n) is 6.04. The van der Waals surface area contributed by atoms with Gasteiger partial charge in [0.15, 0.2) is 9.84 Å². The van der Waals surface area contributed by atoms with Gasteiger partial charge in [-0.05, 0) is 30.9 Å². The number of hydrogen-bond acceptors (Lipinski definition) is 6. The first-order valence-electron chi connectivity index (χ1n) is 7.49. The number of imidazole rings is 1. The molecule has 0 amide bonds. The van der Waals surface area contributed by atoms with Gasteiger partial charge >= 0.3 is 0 Å². The molecule has 2 aromatic heterocycles. The van der Waals surface area contributed by atoms with E-state index in [1.165, 1.54) is 6.07 Å². The molecule has 0 aliphatic heterocycles. The number of rotatable bonds is 5. The van der Waals surface area contributed by atoms with Crippen molar-refractivity contribution in [1.29, 1.82) is 0 Å². The first-order chi connectivity index (χ1) is 10.9. The largest absolute Gasteiger partial charge is 0.391 e. The Morgan fingerprint density at radius 3 is 2.91 bits per heavy atom. The number of pyridine rings is 1. The van der Waals surface area contributed by atoms with Gasteiger partial charge in [-0.25, -0.2) is 18.4 Å². The van der Waals surface area contributed by atoms with E-state index in [4.69, 9.17) is 0 Å². The van der Waals surface area contributed by atoms with Gasteiger partial charge in [-0.1, -0.05) is 0 Å². The summed E-state index contributed by atoms with van der Waals surface area (Å²) in [6, 6.07) is 2.91. The van der Waals surface area contributed by atoms with Gasteiger partial charge in [0.05, 0.1) is 18.5 Å². The van der Waals surface area contributed by atoms with Crippen LogP contribution in [0.4, 0.5) is 5.82 Å². The van der Waals surface area contributed by atoms with Gasteiger partial charge in [-0.3, -0.25) is 0 Å². The number of anilines is 1. The van der Waals surface area contributed by atoms with Crippen molar-refractivity contribution in [3.8, 4) is 0 Å². The van der Waals surface area contributed by atoms with Crippen molar-refractivity contribution in [1.82, 2.24) is 14.5 Å². The van der Waals surface area contributed by atoms with Gasteiger partial charge in [0.25, 0.3) is 0 Å². The van der Waals surface area contributed by atoms with Crippen LogP contribution in [0.2, 0.25) is 0 Å². The zero-order valence-electron chi connectivity index (χ0n) is 12.8. The van der Waals surface area contributed by atoms with Crippen LogP contribution in [-0.4, -0.2) is 46.5 Å². The van der Waals surface area contributed by atoms with Crippen LogP contribution in [-0.2, 0) is 16.4 Å². The molecule has 0 bridgehead atoms. The Bertz CT molecular complexity index is 761. The Morgan fingerprint density at radius 1 is 1.39 bits per heavy atom. The number of nitrogens with zero attached hydrogens (tertiary/aromatic N) is 3. The minimum absolute atomic E-state index is 0.158. The molecule has 3 atom stereocenters. The van der Waals surface area contributed by atoms with Crippen molar-refractivity contribution in [3.05, 3.63) is 37.1 Å². The van der Waals surface area contributed by atoms with Crippen LogP contribution < -0.4 is 5.32 Å². The zero-order chi connectivity index (χ0) is 16.4. The fourth-order valence-electron chi connectivity index (χ4n) is 3.09. The van der Waals surface area contributed by atoms with Gasteiger partial charge < -0.3 is 15.0 Å². The Morgan fingerprint density at radius 2 is 2.22 bits per heavy atom. The maximum absolute atomic E-state index is 11.8. The normalized spacial score (nSPS) is 24.7. The van der Waals surface area contributed by atoms with Crippen LogP contribution in [0, 0.1) is 5.92 Å². The third-order valence-electron chi connectivity index (χ3n) is 4.15. The molecule has 0 radical (unpaired) electrons. The number of aliphatic hydroxyl groups is 1. The Kier molecular flexibility index (Phi) is 4.36. The van der Waals surface area contributed by atoms with Crippen LogP contribution in [0.5, 0.6) is 0 Å². The average molecular weight is 336 g/mol. The van der Waals surface area contributed by atoms with E-state index in [-0.39, 0.29) is 10.9 Å². The minimum Gasteiger partial charge on any atom is -0.391 e. The third-order valence-corrected chi connectivity index (χ3v) is 5.28. The molecule has 7 nitrogen and oxygen atoms in total. The standard InChI is InChI=1S/C15H20N4O3S/c1-23(21,22)14-3-2-4-17-15(14)18-12-7-11(8-13(12)20)9-19-6-5-16-10-19/h2-6,10-13,20H,7-9H2,1H3,(H,17,18)/t11?,12-,13-/m1/s1. The quantitative estimate of drug-likeness (QED) is 0.843. The van der Waals surface area contributed by atoms with Crippen LogP contribution in [0.3, 0.4) is 0 Å². The molecule has 1 unspecified atom stereocenters. The molecular formula is C15H20N4O3S. The molecule has 1 saturated carbocycles. The SMILES string of the molecule is CS(=O)(=O)c1cccnc1N[C@@H]1CC(Cn2ccnc2)C[C@H]1O. The fourth-order valence-corrected chi connectivity index (χ4v) is 3.88. The van der Waals surface area contributed by atoms with E-state index < -0.39 is 15.9 Å². The smallest absolute Gasteiger partial charge is 0.179 e. The highest BCUT2D eigenvalue weighted by Gasteiger charge is 2.34. The van der Waals surface area contributed by atoms with E-state index in [0.29, 0.717) is 18.2 Å². The molecular weight excluding hydrogens is 316 g/mol. The molecule has 1 aliphatic rings. The number of nitrogens with one attached hydrogen (secondary N) is 1. The van der Waals surface area contributed by atoms with E-state index in [0.717, 1.165) is 19.2 Å². The molecule has 3 rings (SSSR count). The van der Waals surface area contributed by atoms with E-state index >= 15 is 0 Å². The van der Waals surface area contributed by atoms with Gasteiger partial charge in [-0.15, -0.1) is 0 Å². The van der Waals surface area contributed by atoms with E-state index in [2.05, 4.69) is 15.3 Å². The van der Waals surface area contributed by atoms with Gasteiger partial charge in [0.2, 0.25) is 0 Å². The number of aliphatic hydroxyl groups excluding tert-OH is 1. The molecule has 1 aliphatic carbocycles. The molecule has 2 N–H and O–H groups in total. The lowest BCUT2D eigenvalue weighted by atomic mass is 10.1. The van der Waals surface area contributed by atoms with Crippen molar-refractivity contribution in [2.75, 3.05) is 11.6 Å². The van der Waals surface area contributed by atoms with Crippen LogP contribution in [0.1, 0.15) is 12.8 Å². The summed E-state index contributed by atoms with van der Waals surface area (Å²) < 4.78 is 25.7. The lowest BCUT2D eigenvalue weighted by molar-refractivity contribution is 0.166. The van der Waals surface area contributed by atoms with Crippen molar-refractivity contribution in [2.24, 2.45) is 5.92 Å². The summed E-state index contributed by atoms with van der Waals surface area (Å²) in [5.41, 5.74) is 0. The highest BCUT2D eigenvalue weighted by atomic mass is 32.2. The van der Waals surface area contributed by atoms with E-state index in [9.17, 15) is 13.5 Å². The Labute approximate surface area is 135 Å². The van der Waals surface area contributed by atoms with Gasteiger partial charge in [0.1, 0.15) is 10.7 Å². The topological polar surface area (TPSA) is 97.1 Å². The van der Waals surface area contributed by atoms with Crippen molar-refractivity contribution in [3.63, 3.8) is 0 Å². The zero-order valence-corrected chi connectivity index (χ0v) is 13.6. The lowest BCUT2D eigenvalue weighted by Crippen LogP contribution is -2.29. The fraction of sp³-hybridized carbons (Fsp3) is 0.467. The van der Waals surface area contributed by atoms with Crippen LogP contribution in [0.25, 0.3) is 0 Å². The summed E-state index contributed by atoms with van der Waals surface area (Å²) in [6.45, 7) is 0.788. The summed E-state index contributed by atoms with van der Waals surface area (Å²) in [6.07, 6.45) is 8.96. The summed E-state index contributed by atoms with van der Waals surface area (Å²) in [7, 11) is -3.37. The average Bonchev–Trinajstić information content (AvgIpc) is 3.09. The number of aromatic nitrogens is 3. The van der Waals surface area contributed by atoms with E-state index in [1.807, 2.05) is 10.8 Å².